The minimum atomic E-state index is -0.956. The number of aryl methyl sites for hydroxylation is 1. The van der Waals surface area contributed by atoms with Crippen LogP contribution in [0, 0.1) is 0 Å². The van der Waals surface area contributed by atoms with Gasteiger partial charge in [-0.15, -0.1) is 10.2 Å². The van der Waals surface area contributed by atoms with Crippen molar-refractivity contribution in [3.8, 4) is 22.6 Å². The lowest BCUT2D eigenvalue weighted by Gasteiger charge is -2.12. The summed E-state index contributed by atoms with van der Waals surface area (Å²) in [4.78, 5) is 25.1. The third kappa shape index (κ3) is 4.01. The summed E-state index contributed by atoms with van der Waals surface area (Å²) in [6, 6.07) is 13.2. The van der Waals surface area contributed by atoms with E-state index in [1.165, 1.54) is 6.33 Å². The van der Waals surface area contributed by atoms with Gasteiger partial charge in [0.1, 0.15) is 17.8 Å². The van der Waals surface area contributed by atoms with E-state index in [-0.39, 0.29) is 5.56 Å². The van der Waals surface area contributed by atoms with Crippen LogP contribution in [0.4, 0.5) is 0 Å². The average Bonchev–Trinajstić information content (AvgIpc) is 3.52. The van der Waals surface area contributed by atoms with Gasteiger partial charge in [-0.2, -0.15) is 5.21 Å². The van der Waals surface area contributed by atoms with Gasteiger partial charge in [-0.1, -0.05) is 43.7 Å². The minimum Gasteiger partial charge on any atom is -0.478 e. The largest absolute Gasteiger partial charge is 0.478 e. The smallest absolute Gasteiger partial charge is 0.337 e. The van der Waals surface area contributed by atoms with Crippen LogP contribution in [0.25, 0.3) is 33.7 Å². The third-order valence-corrected chi connectivity index (χ3v) is 5.71. The quantitative estimate of drug-likeness (QED) is 0.362. The maximum Gasteiger partial charge on any atom is 0.337 e. The zero-order valence-corrected chi connectivity index (χ0v) is 18.5. The van der Waals surface area contributed by atoms with Crippen LogP contribution in [0.15, 0.2) is 55.0 Å². The lowest BCUT2D eigenvalue weighted by molar-refractivity contribution is 0.0698. The molecule has 0 atom stereocenters. The highest BCUT2D eigenvalue weighted by Gasteiger charge is 2.18. The molecule has 10 nitrogen and oxygen atoms in total. The Morgan fingerprint density at radius 2 is 2.00 bits per heavy atom. The fourth-order valence-corrected chi connectivity index (χ4v) is 4.06. The molecule has 34 heavy (non-hydrogen) atoms. The second-order valence-electron chi connectivity index (χ2n) is 7.91. The number of nitrogens with zero attached hydrogens (tertiary/aromatic N) is 7. The van der Waals surface area contributed by atoms with E-state index >= 15 is 0 Å². The molecular weight excluding hydrogens is 432 g/mol. The van der Waals surface area contributed by atoms with Crippen molar-refractivity contribution in [1.82, 2.24) is 40.1 Å². The second-order valence-corrected chi connectivity index (χ2v) is 7.91. The van der Waals surface area contributed by atoms with E-state index in [9.17, 15) is 9.90 Å². The minimum absolute atomic E-state index is 0.260. The van der Waals surface area contributed by atoms with E-state index in [0.717, 1.165) is 41.8 Å². The second kappa shape index (κ2) is 9.18. The Morgan fingerprint density at radius 1 is 1.15 bits per heavy atom. The van der Waals surface area contributed by atoms with Gasteiger partial charge >= 0.3 is 5.97 Å². The number of carboxylic acid groups (broad SMARTS) is 1. The van der Waals surface area contributed by atoms with Crippen molar-refractivity contribution >= 4 is 17.0 Å². The molecule has 0 spiro atoms. The van der Waals surface area contributed by atoms with Crippen LogP contribution in [0.1, 0.15) is 41.5 Å². The maximum atomic E-state index is 11.9. The molecule has 10 heteroatoms. The van der Waals surface area contributed by atoms with Gasteiger partial charge in [0, 0.05) is 24.7 Å². The normalized spacial score (nSPS) is 11.2. The van der Waals surface area contributed by atoms with Crippen LogP contribution in [-0.4, -0.2) is 51.2 Å². The number of nitrogens with one attached hydrogen (secondary N) is 1. The number of unbranched alkanes of at least 4 members (excludes halogenated alkanes) is 1. The SMILES string of the molecule is CCCCc1nc2cccc(C(=O)O)c2n1Cc1ccc(-c2cncnc2-c2nn[nH]n2)cc1. The van der Waals surface area contributed by atoms with Gasteiger partial charge in [-0.25, -0.2) is 19.7 Å². The van der Waals surface area contributed by atoms with Crippen molar-refractivity contribution in [2.24, 2.45) is 0 Å². The number of tetrazole rings is 1. The number of para-hydroxylation sites is 1. The molecule has 170 valence electrons. The Labute approximate surface area is 194 Å². The van der Waals surface area contributed by atoms with Crippen LogP contribution in [0.3, 0.4) is 0 Å². The van der Waals surface area contributed by atoms with Crippen molar-refractivity contribution in [2.45, 2.75) is 32.7 Å². The van der Waals surface area contributed by atoms with Gasteiger partial charge in [0.25, 0.3) is 0 Å². The summed E-state index contributed by atoms with van der Waals surface area (Å²) in [6.07, 6.45) is 5.98. The molecule has 5 aromatic rings. The van der Waals surface area contributed by atoms with Crippen molar-refractivity contribution < 1.29 is 9.90 Å². The predicted octanol–water partition coefficient (Wildman–Crippen LogP) is 3.76. The Hall–Kier alpha value is -4.47. The number of H-pyrrole nitrogens is 1. The number of carbonyl (C=O) groups is 1. The summed E-state index contributed by atoms with van der Waals surface area (Å²) in [5.74, 6) is 0.334. The van der Waals surface area contributed by atoms with Crippen molar-refractivity contribution in [3.05, 3.63) is 71.9 Å². The summed E-state index contributed by atoms with van der Waals surface area (Å²) in [5, 5.41) is 23.9. The number of hydrogen-bond acceptors (Lipinski definition) is 7. The molecule has 3 aromatic heterocycles. The number of aromatic amines is 1. The van der Waals surface area contributed by atoms with Gasteiger partial charge in [0.05, 0.1) is 16.6 Å². The molecular formula is C24H22N8O2. The number of aromatic nitrogens is 8. The molecule has 3 heterocycles. The number of rotatable bonds is 8. The van der Waals surface area contributed by atoms with Crippen LogP contribution < -0.4 is 0 Å². The first-order chi connectivity index (χ1) is 16.7. The summed E-state index contributed by atoms with van der Waals surface area (Å²) < 4.78 is 2.03. The Bertz CT molecular complexity index is 1440. The maximum absolute atomic E-state index is 11.9. The van der Waals surface area contributed by atoms with Crippen LogP contribution in [0.2, 0.25) is 0 Å². The van der Waals surface area contributed by atoms with Crippen molar-refractivity contribution in [3.63, 3.8) is 0 Å². The first-order valence-electron chi connectivity index (χ1n) is 11.0. The number of imidazole rings is 1. The topological polar surface area (TPSA) is 135 Å². The van der Waals surface area contributed by atoms with Gasteiger partial charge in [-0.05, 0) is 34.9 Å². The molecule has 0 saturated heterocycles. The number of carboxylic acids is 1. The predicted molar refractivity (Wildman–Crippen MR) is 125 cm³/mol. The summed E-state index contributed by atoms with van der Waals surface area (Å²) in [7, 11) is 0. The van der Waals surface area contributed by atoms with E-state index in [1.54, 1.807) is 18.3 Å². The van der Waals surface area contributed by atoms with Gasteiger partial charge in [-0.3, -0.25) is 0 Å². The Kier molecular flexibility index (Phi) is 5.77. The molecule has 0 bridgehead atoms. The monoisotopic (exact) mass is 454 g/mol. The van der Waals surface area contributed by atoms with E-state index in [0.29, 0.717) is 29.1 Å². The zero-order chi connectivity index (χ0) is 23.5. The molecule has 0 aliphatic rings. The van der Waals surface area contributed by atoms with Crippen molar-refractivity contribution in [2.75, 3.05) is 0 Å². The molecule has 0 radical (unpaired) electrons. The highest BCUT2D eigenvalue weighted by Crippen LogP contribution is 2.28. The molecule has 2 aromatic carbocycles. The lowest BCUT2D eigenvalue weighted by atomic mass is 10.0. The van der Waals surface area contributed by atoms with Gasteiger partial charge in [0.15, 0.2) is 0 Å². The van der Waals surface area contributed by atoms with E-state index in [4.69, 9.17) is 4.98 Å². The van der Waals surface area contributed by atoms with Crippen molar-refractivity contribution in [1.29, 1.82) is 0 Å². The molecule has 0 aliphatic carbocycles. The van der Waals surface area contributed by atoms with Crippen LogP contribution in [0.5, 0.6) is 0 Å². The fourth-order valence-electron chi connectivity index (χ4n) is 4.06. The Balaban J connectivity index is 1.52. The van der Waals surface area contributed by atoms with Crippen LogP contribution >= 0.6 is 0 Å². The number of hydrogen-bond donors (Lipinski definition) is 2. The molecule has 0 aliphatic heterocycles. The Morgan fingerprint density at radius 3 is 2.74 bits per heavy atom. The highest BCUT2D eigenvalue weighted by molar-refractivity contribution is 6.01. The summed E-state index contributed by atoms with van der Waals surface area (Å²) in [5.41, 5.74) is 4.94. The molecule has 0 saturated carbocycles. The highest BCUT2D eigenvalue weighted by atomic mass is 16.4. The molecule has 5 rings (SSSR count). The van der Waals surface area contributed by atoms with E-state index in [1.807, 2.05) is 34.9 Å². The number of benzene rings is 2. The summed E-state index contributed by atoms with van der Waals surface area (Å²) >= 11 is 0. The number of aromatic carboxylic acids is 1. The van der Waals surface area contributed by atoms with E-state index < -0.39 is 5.97 Å². The molecule has 0 unspecified atom stereocenters. The molecule has 2 N–H and O–H groups in total. The third-order valence-electron chi connectivity index (χ3n) is 5.71. The number of fused-ring (bicyclic) bond motifs is 1. The standard InChI is InChI=1S/C24H22N8O2/c1-2-3-7-20-27-19-6-4-5-17(24(33)34)22(19)32(20)13-15-8-10-16(11-9-15)18-12-25-14-26-21(18)23-28-30-31-29-23/h4-6,8-12,14H,2-3,7,13H2,1H3,(H,33,34)(H,28,29,30,31). The molecule has 0 fully saturated rings. The van der Waals surface area contributed by atoms with Crippen LogP contribution in [-0.2, 0) is 13.0 Å². The zero-order valence-electron chi connectivity index (χ0n) is 18.5. The molecule has 0 amide bonds. The fraction of sp³-hybridized carbons (Fsp3) is 0.208. The van der Waals surface area contributed by atoms with Gasteiger partial charge < -0.3 is 9.67 Å². The van der Waals surface area contributed by atoms with E-state index in [2.05, 4.69) is 37.5 Å². The van der Waals surface area contributed by atoms with Gasteiger partial charge in [0.2, 0.25) is 5.82 Å². The summed E-state index contributed by atoms with van der Waals surface area (Å²) in [6.45, 7) is 2.65. The lowest BCUT2D eigenvalue weighted by Crippen LogP contribution is -2.08. The first kappa shape index (κ1) is 21.4. The first-order valence-corrected chi connectivity index (χ1v) is 11.0. The average molecular weight is 454 g/mol.